The minimum absolute atomic E-state index is 0.248. The molecule has 2 rings (SSSR count). The van der Waals surface area contributed by atoms with Crippen LogP contribution in [-0.4, -0.2) is 14.1 Å². The van der Waals surface area contributed by atoms with Gasteiger partial charge >= 0.3 is 5.69 Å². The lowest BCUT2D eigenvalue weighted by atomic mass is 10.3. The zero-order valence-corrected chi connectivity index (χ0v) is 8.29. The Kier molecular flexibility index (Phi) is 1.64. The molecule has 0 spiro atoms. The molecule has 14 heavy (non-hydrogen) atoms. The SMILES string of the molecule is Cc1c[nH]c2c1c(=O)n(C)c(=O)n2C. The third-order valence-electron chi connectivity index (χ3n) is 2.48. The van der Waals surface area contributed by atoms with Crippen LogP contribution in [0.5, 0.6) is 0 Å². The van der Waals surface area contributed by atoms with E-state index in [1.54, 1.807) is 13.2 Å². The van der Waals surface area contributed by atoms with Crippen molar-refractivity contribution in [2.24, 2.45) is 14.1 Å². The quantitative estimate of drug-likeness (QED) is 0.633. The molecule has 2 aromatic heterocycles. The maximum atomic E-state index is 11.7. The lowest BCUT2D eigenvalue weighted by Gasteiger charge is -2.03. The van der Waals surface area contributed by atoms with Gasteiger partial charge in [0.2, 0.25) is 0 Å². The molecular formula is C9H11N3O2. The Morgan fingerprint density at radius 1 is 1.21 bits per heavy atom. The van der Waals surface area contributed by atoms with Gasteiger partial charge in [-0.2, -0.15) is 0 Å². The minimum atomic E-state index is -0.315. The molecule has 0 atom stereocenters. The lowest BCUT2D eigenvalue weighted by Crippen LogP contribution is -2.36. The summed E-state index contributed by atoms with van der Waals surface area (Å²) < 4.78 is 2.55. The first-order chi connectivity index (χ1) is 6.54. The molecule has 0 aromatic carbocycles. The number of nitrogens with zero attached hydrogens (tertiary/aromatic N) is 2. The summed E-state index contributed by atoms with van der Waals surface area (Å²) in [6, 6.07) is 0. The standard InChI is InChI=1S/C9H11N3O2/c1-5-4-10-7-6(5)8(13)12(3)9(14)11(7)2/h4,10H,1-3H3. The Hall–Kier alpha value is -1.78. The van der Waals surface area contributed by atoms with Crippen molar-refractivity contribution in [3.05, 3.63) is 32.6 Å². The van der Waals surface area contributed by atoms with Crippen LogP contribution in [0.1, 0.15) is 5.56 Å². The van der Waals surface area contributed by atoms with Crippen LogP contribution in [0.4, 0.5) is 0 Å². The van der Waals surface area contributed by atoms with Crippen LogP contribution in [0.25, 0.3) is 11.0 Å². The number of aromatic nitrogens is 3. The second-order valence-electron chi connectivity index (χ2n) is 3.40. The molecule has 74 valence electrons. The average molecular weight is 193 g/mol. The Labute approximate surface area is 79.6 Å². The Morgan fingerprint density at radius 2 is 1.86 bits per heavy atom. The van der Waals surface area contributed by atoms with Crippen LogP contribution >= 0.6 is 0 Å². The van der Waals surface area contributed by atoms with E-state index < -0.39 is 0 Å². The van der Waals surface area contributed by atoms with Crippen LogP contribution in [-0.2, 0) is 14.1 Å². The van der Waals surface area contributed by atoms with Crippen molar-refractivity contribution in [2.45, 2.75) is 6.92 Å². The summed E-state index contributed by atoms with van der Waals surface area (Å²) in [4.78, 5) is 26.1. The van der Waals surface area contributed by atoms with E-state index in [9.17, 15) is 9.59 Å². The number of rotatable bonds is 0. The molecule has 0 saturated heterocycles. The van der Waals surface area contributed by atoms with Gasteiger partial charge in [-0.1, -0.05) is 0 Å². The number of fused-ring (bicyclic) bond motifs is 1. The normalized spacial score (nSPS) is 11.1. The summed E-state index contributed by atoms with van der Waals surface area (Å²) in [6.45, 7) is 1.84. The van der Waals surface area contributed by atoms with E-state index in [0.717, 1.165) is 10.1 Å². The topological polar surface area (TPSA) is 59.8 Å². The fraction of sp³-hybridized carbons (Fsp3) is 0.333. The van der Waals surface area contributed by atoms with E-state index in [1.807, 2.05) is 6.92 Å². The molecule has 5 heteroatoms. The Morgan fingerprint density at radius 3 is 2.50 bits per heavy atom. The number of H-pyrrole nitrogens is 1. The third kappa shape index (κ3) is 0.891. The fourth-order valence-electron chi connectivity index (χ4n) is 1.62. The van der Waals surface area contributed by atoms with E-state index in [2.05, 4.69) is 4.98 Å². The molecular weight excluding hydrogens is 182 g/mol. The van der Waals surface area contributed by atoms with Crippen molar-refractivity contribution in [3.8, 4) is 0 Å². The lowest BCUT2D eigenvalue weighted by molar-refractivity contribution is 0.709. The number of hydrogen-bond acceptors (Lipinski definition) is 2. The largest absolute Gasteiger partial charge is 0.347 e. The molecule has 0 aliphatic heterocycles. The van der Waals surface area contributed by atoms with Gasteiger partial charge in [-0.15, -0.1) is 0 Å². The van der Waals surface area contributed by atoms with Crippen molar-refractivity contribution in [3.63, 3.8) is 0 Å². The van der Waals surface area contributed by atoms with E-state index in [1.165, 1.54) is 11.6 Å². The smallest absolute Gasteiger partial charge is 0.332 e. The van der Waals surface area contributed by atoms with Gasteiger partial charge in [0.15, 0.2) is 0 Å². The van der Waals surface area contributed by atoms with E-state index in [-0.39, 0.29) is 11.2 Å². The van der Waals surface area contributed by atoms with Gasteiger partial charge in [-0.25, -0.2) is 4.79 Å². The Balaban J connectivity index is 3.22. The van der Waals surface area contributed by atoms with Gasteiger partial charge in [-0.3, -0.25) is 13.9 Å². The van der Waals surface area contributed by atoms with E-state index >= 15 is 0 Å². The van der Waals surface area contributed by atoms with Crippen LogP contribution in [0.15, 0.2) is 15.8 Å². The second-order valence-corrected chi connectivity index (χ2v) is 3.40. The highest BCUT2D eigenvalue weighted by Gasteiger charge is 2.10. The van der Waals surface area contributed by atoms with Gasteiger partial charge < -0.3 is 4.98 Å². The van der Waals surface area contributed by atoms with Crippen LogP contribution < -0.4 is 11.2 Å². The molecule has 5 nitrogen and oxygen atoms in total. The summed E-state index contributed by atoms with van der Waals surface area (Å²) >= 11 is 0. The maximum Gasteiger partial charge on any atom is 0.332 e. The molecule has 0 saturated carbocycles. The van der Waals surface area contributed by atoms with Crippen LogP contribution in [0.3, 0.4) is 0 Å². The summed E-state index contributed by atoms with van der Waals surface area (Å²) in [5.74, 6) is 0. The number of hydrogen-bond donors (Lipinski definition) is 1. The van der Waals surface area contributed by atoms with Crippen molar-refractivity contribution < 1.29 is 0 Å². The van der Waals surface area contributed by atoms with Gasteiger partial charge in [0.1, 0.15) is 5.65 Å². The highest BCUT2D eigenvalue weighted by molar-refractivity contribution is 5.78. The second kappa shape index (κ2) is 2.60. The van der Waals surface area contributed by atoms with E-state index in [4.69, 9.17) is 0 Å². The Bertz CT molecular complexity index is 615. The van der Waals surface area contributed by atoms with Crippen LogP contribution in [0, 0.1) is 6.92 Å². The molecule has 0 fully saturated rings. The zero-order chi connectivity index (χ0) is 10.5. The molecule has 0 radical (unpaired) electrons. The van der Waals surface area contributed by atoms with Gasteiger partial charge in [0.05, 0.1) is 5.39 Å². The van der Waals surface area contributed by atoms with Gasteiger partial charge in [0, 0.05) is 20.3 Å². The molecule has 0 unspecified atom stereocenters. The molecule has 0 amide bonds. The van der Waals surface area contributed by atoms with Crippen molar-refractivity contribution >= 4 is 11.0 Å². The van der Waals surface area contributed by atoms with Crippen molar-refractivity contribution in [1.82, 2.24) is 14.1 Å². The molecule has 2 heterocycles. The average Bonchev–Trinajstić information content (AvgIpc) is 2.54. The summed E-state index contributed by atoms with van der Waals surface area (Å²) in [5, 5.41) is 0.578. The predicted octanol–water partition coefficient (Wildman–Crippen LogP) is -0.126. The maximum absolute atomic E-state index is 11.7. The summed E-state index contributed by atoms with van der Waals surface area (Å²) in [6.07, 6.45) is 1.73. The first kappa shape index (κ1) is 8.80. The molecule has 0 aliphatic carbocycles. The van der Waals surface area contributed by atoms with Gasteiger partial charge in [-0.05, 0) is 12.5 Å². The van der Waals surface area contributed by atoms with Gasteiger partial charge in [0.25, 0.3) is 5.56 Å². The zero-order valence-electron chi connectivity index (χ0n) is 8.29. The molecule has 1 N–H and O–H groups in total. The fourth-order valence-corrected chi connectivity index (χ4v) is 1.62. The highest BCUT2D eigenvalue weighted by Crippen LogP contribution is 2.09. The van der Waals surface area contributed by atoms with Crippen molar-refractivity contribution in [1.29, 1.82) is 0 Å². The van der Waals surface area contributed by atoms with Crippen molar-refractivity contribution in [2.75, 3.05) is 0 Å². The molecule has 2 aromatic rings. The first-order valence-electron chi connectivity index (χ1n) is 4.27. The number of aryl methyl sites for hydroxylation is 2. The molecule has 0 aliphatic rings. The highest BCUT2D eigenvalue weighted by atomic mass is 16.2. The van der Waals surface area contributed by atoms with Crippen LogP contribution in [0.2, 0.25) is 0 Å². The van der Waals surface area contributed by atoms with E-state index in [0.29, 0.717) is 11.0 Å². The number of aromatic amines is 1. The molecule has 0 bridgehead atoms. The first-order valence-corrected chi connectivity index (χ1v) is 4.27. The summed E-state index contributed by atoms with van der Waals surface area (Å²) in [7, 11) is 3.12. The monoisotopic (exact) mass is 193 g/mol. The summed E-state index contributed by atoms with van der Waals surface area (Å²) in [5.41, 5.74) is 0.873. The predicted molar refractivity (Wildman–Crippen MR) is 53.5 cm³/mol. The minimum Gasteiger partial charge on any atom is -0.347 e. The number of nitrogens with one attached hydrogen (secondary N) is 1. The third-order valence-corrected chi connectivity index (χ3v) is 2.48.